The van der Waals surface area contributed by atoms with Gasteiger partial charge in [0.05, 0.1) is 12.0 Å². The predicted molar refractivity (Wildman–Crippen MR) is 110 cm³/mol. The highest BCUT2D eigenvalue weighted by atomic mass is 32.1. The van der Waals surface area contributed by atoms with Gasteiger partial charge in [-0.3, -0.25) is 4.79 Å². The summed E-state index contributed by atoms with van der Waals surface area (Å²) in [5.74, 6) is -0.115. The Morgan fingerprint density at radius 2 is 1.85 bits per heavy atom. The SMILES string of the molecule is O=C(Nc1ccccc1)c1ccc(NCc2cc(-n3ccnc3)cs2)cc1. The number of rotatable bonds is 6. The Hall–Kier alpha value is -3.38. The number of hydrogen-bond donors (Lipinski definition) is 2. The average molecular weight is 374 g/mol. The lowest BCUT2D eigenvalue weighted by Crippen LogP contribution is -2.11. The van der Waals surface area contributed by atoms with Crippen molar-refractivity contribution in [3.63, 3.8) is 0 Å². The summed E-state index contributed by atoms with van der Waals surface area (Å²) in [5.41, 5.74) is 3.50. The lowest BCUT2D eigenvalue weighted by Gasteiger charge is -2.07. The summed E-state index contributed by atoms with van der Waals surface area (Å²) >= 11 is 1.70. The van der Waals surface area contributed by atoms with E-state index in [1.807, 2.05) is 65.4 Å². The van der Waals surface area contributed by atoms with Crippen LogP contribution in [0.1, 0.15) is 15.2 Å². The van der Waals surface area contributed by atoms with Crippen molar-refractivity contribution in [2.24, 2.45) is 0 Å². The van der Waals surface area contributed by atoms with Crippen LogP contribution in [-0.4, -0.2) is 15.5 Å². The number of carbonyl (C=O) groups is 1. The molecule has 0 aliphatic rings. The predicted octanol–water partition coefficient (Wildman–Crippen LogP) is 4.80. The van der Waals surface area contributed by atoms with Gasteiger partial charge in [-0.05, 0) is 42.5 Å². The van der Waals surface area contributed by atoms with Crippen LogP contribution in [0.2, 0.25) is 0 Å². The molecule has 6 heteroatoms. The summed E-state index contributed by atoms with van der Waals surface area (Å²) in [5, 5.41) is 8.38. The highest BCUT2D eigenvalue weighted by molar-refractivity contribution is 7.10. The minimum absolute atomic E-state index is 0.115. The maximum absolute atomic E-state index is 12.3. The number of benzene rings is 2. The number of amides is 1. The molecule has 2 heterocycles. The Labute approximate surface area is 161 Å². The number of hydrogen-bond acceptors (Lipinski definition) is 4. The second-order valence-corrected chi connectivity index (χ2v) is 6.99. The quantitative estimate of drug-likeness (QED) is 0.510. The van der Waals surface area contributed by atoms with Crippen LogP contribution in [0.25, 0.3) is 5.69 Å². The fraction of sp³-hybridized carbons (Fsp3) is 0.0476. The van der Waals surface area contributed by atoms with Crippen molar-refractivity contribution in [3.8, 4) is 5.69 Å². The molecule has 0 aliphatic carbocycles. The fourth-order valence-corrected chi connectivity index (χ4v) is 3.47. The van der Waals surface area contributed by atoms with E-state index >= 15 is 0 Å². The van der Waals surface area contributed by atoms with E-state index in [-0.39, 0.29) is 5.91 Å². The Balaban J connectivity index is 1.35. The number of aromatic nitrogens is 2. The van der Waals surface area contributed by atoms with Gasteiger partial charge >= 0.3 is 0 Å². The van der Waals surface area contributed by atoms with Gasteiger partial charge in [0, 0.05) is 46.1 Å². The van der Waals surface area contributed by atoms with Crippen LogP contribution in [0.15, 0.2) is 84.8 Å². The molecule has 0 aliphatic heterocycles. The molecule has 2 aromatic heterocycles. The molecule has 0 radical (unpaired) electrons. The number of thiophene rings is 1. The third-order valence-corrected chi connectivity index (χ3v) is 5.01. The molecular weight excluding hydrogens is 356 g/mol. The van der Waals surface area contributed by atoms with Gasteiger partial charge in [0.1, 0.15) is 0 Å². The van der Waals surface area contributed by atoms with E-state index in [9.17, 15) is 4.79 Å². The first kappa shape index (κ1) is 17.1. The van der Waals surface area contributed by atoms with E-state index in [0.717, 1.165) is 23.6 Å². The molecule has 27 heavy (non-hydrogen) atoms. The van der Waals surface area contributed by atoms with E-state index in [1.165, 1.54) is 4.88 Å². The zero-order valence-corrected chi connectivity index (χ0v) is 15.3. The number of anilines is 2. The Morgan fingerprint density at radius 3 is 2.59 bits per heavy atom. The Morgan fingerprint density at radius 1 is 1.04 bits per heavy atom. The molecule has 4 aromatic rings. The zero-order chi connectivity index (χ0) is 18.5. The maximum atomic E-state index is 12.3. The van der Waals surface area contributed by atoms with Gasteiger partial charge in [-0.15, -0.1) is 11.3 Å². The van der Waals surface area contributed by atoms with Crippen LogP contribution >= 0.6 is 11.3 Å². The summed E-state index contributed by atoms with van der Waals surface area (Å²) in [6, 6.07) is 19.1. The average Bonchev–Trinajstić information content (AvgIpc) is 3.39. The molecule has 134 valence electrons. The van der Waals surface area contributed by atoms with Crippen molar-refractivity contribution in [3.05, 3.63) is 95.2 Å². The Bertz CT molecular complexity index is 1010. The van der Waals surface area contributed by atoms with Crippen molar-refractivity contribution in [2.75, 3.05) is 10.6 Å². The number of imidazole rings is 1. The molecule has 1 amide bonds. The second-order valence-electron chi connectivity index (χ2n) is 5.99. The molecule has 2 N–H and O–H groups in total. The van der Waals surface area contributed by atoms with Crippen molar-refractivity contribution in [2.45, 2.75) is 6.54 Å². The fourth-order valence-electron chi connectivity index (χ4n) is 2.66. The standard InChI is InChI=1S/C21H18N4OS/c26-21(24-18-4-2-1-3-5-18)16-6-8-17(9-7-16)23-13-20-12-19(14-27-20)25-11-10-22-15-25/h1-12,14-15,23H,13H2,(H,24,26). The highest BCUT2D eigenvalue weighted by Gasteiger charge is 2.06. The van der Waals surface area contributed by atoms with Crippen molar-refractivity contribution in [1.82, 2.24) is 9.55 Å². The molecule has 0 saturated carbocycles. The first-order valence-electron chi connectivity index (χ1n) is 8.54. The van der Waals surface area contributed by atoms with Gasteiger partial charge in [-0.1, -0.05) is 18.2 Å². The number of para-hydroxylation sites is 1. The summed E-state index contributed by atoms with van der Waals surface area (Å²) in [7, 11) is 0. The van der Waals surface area contributed by atoms with E-state index in [0.29, 0.717) is 5.56 Å². The number of nitrogens with zero attached hydrogens (tertiary/aromatic N) is 2. The van der Waals surface area contributed by atoms with Gasteiger partial charge < -0.3 is 15.2 Å². The van der Waals surface area contributed by atoms with Gasteiger partial charge in [0.15, 0.2) is 0 Å². The molecule has 4 rings (SSSR count). The van der Waals surface area contributed by atoms with Crippen LogP contribution in [0.4, 0.5) is 11.4 Å². The van der Waals surface area contributed by atoms with Gasteiger partial charge in [-0.2, -0.15) is 0 Å². The van der Waals surface area contributed by atoms with Crippen molar-refractivity contribution >= 4 is 28.6 Å². The topological polar surface area (TPSA) is 59.0 Å². The second kappa shape index (κ2) is 7.88. The largest absolute Gasteiger partial charge is 0.380 e. The van der Waals surface area contributed by atoms with Crippen LogP contribution in [0.3, 0.4) is 0 Å². The molecule has 5 nitrogen and oxygen atoms in total. The van der Waals surface area contributed by atoms with E-state index < -0.39 is 0 Å². The summed E-state index contributed by atoms with van der Waals surface area (Å²) in [6.07, 6.45) is 5.49. The molecule has 2 aromatic carbocycles. The Kier molecular flexibility index (Phi) is 4.98. The third kappa shape index (κ3) is 4.24. The lowest BCUT2D eigenvalue weighted by molar-refractivity contribution is 0.102. The lowest BCUT2D eigenvalue weighted by atomic mass is 10.2. The van der Waals surface area contributed by atoms with Crippen molar-refractivity contribution in [1.29, 1.82) is 0 Å². The molecule has 0 spiro atoms. The van der Waals surface area contributed by atoms with Crippen LogP contribution in [0.5, 0.6) is 0 Å². The van der Waals surface area contributed by atoms with Crippen LogP contribution in [-0.2, 0) is 6.54 Å². The number of nitrogens with one attached hydrogen (secondary N) is 2. The molecule has 0 unspecified atom stereocenters. The molecule has 0 saturated heterocycles. The van der Waals surface area contributed by atoms with E-state index in [2.05, 4.69) is 27.1 Å². The van der Waals surface area contributed by atoms with Crippen molar-refractivity contribution < 1.29 is 4.79 Å². The molecule has 0 atom stereocenters. The minimum atomic E-state index is -0.115. The normalized spacial score (nSPS) is 10.5. The smallest absolute Gasteiger partial charge is 0.255 e. The first-order valence-corrected chi connectivity index (χ1v) is 9.42. The molecule has 0 fully saturated rings. The minimum Gasteiger partial charge on any atom is -0.380 e. The highest BCUT2D eigenvalue weighted by Crippen LogP contribution is 2.20. The van der Waals surface area contributed by atoms with Gasteiger partial charge in [0.2, 0.25) is 0 Å². The van der Waals surface area contributed by atoms with Crippen LogP contribution in [0, 0.1) is 0 Å². The molecule has 0 bridgehead atoms. The summed E-state index contributed by atoms with van der Waals surface area (Å²) in [6.45, 7) is 0.731. The van der Waals surface area contributed by atoms with Gasteiger partial charge in [-0.25, -0.2) is 4.98 Å². The number of carbonyl (C=O) groups excluding carboxylic acids is 1. The van der Waals surface area contributed by atoms with Gasteiger partial charge in [0.25, 0.3) is 5.91 Å². The monoisotopic (exact) mass is 374 g/mol. The summed E-state index contributed by atoms with van der Waals surface area (Å²) < 4.78 is 1.99. The van der Waals surface area contributed by atoms with Crippen LogP contribution < -0.4 is 10.6 Å². The maximum Gasteiger partial charge on any atom is 0.255 e. The van der Waals surface area contributed by atoms with E-state index in [1.54, 1.807) is 23.9 Å². The third-order valence-electron chi connectivity index (χ3n) is 4.09. The van der Waals surface area contributed by atoms with E-state index in [4.69, 9.17) is 0 Å². The first-order chi connectivity index (χ1) is 13.3. The zero-order valence-electron chi connectivity index (χ0n) is 14.5. The summed E-state index contributed by atoms with van der Waals surface area (Å²) in [4.78, 5) is 17.6. The molecular formula is C21H18N4OS.